The van der Waals surface area contributed by atoms with Gasteiger partial charge in [-0.1, -0.05) is 13.8 Å². The Morgan fingerprint density at radius 1 is 1.29 bits per heavy atom. The molecule has 3 heteroatoms. The summed E-state index contributed by atoms with van der Waals surface area (Å²) < 4.78 is 14.8. The van der Waals surface area contributed by atoms with Crippen molar-refractivity contribution in [3.63, 3.8) is 0 Å². The minimum atomic E-state index is -0.196. The molecule has 0 amide bonds. The monoisotopic (exact) mass is 194 g/mol. The summed E-state index contributed by atoms with van der Waals surface area (Å²) in [5.41, 5.74) is 1.62. The first-order valence-electron chi connectivity index (χ1n) is 4.76. The Morgan fingerprint density at radius 3 is 2.57 bits per heavy atom. The van der Waals surface area contributed by atoms with Gasteiger partial charge in [0.1, 0.15) is 5.82 Å². The summed E-state index contributed by atoms with van der Waals surface area (Å²) in [5, 5.41) is 4.70. The van der Waals surface area contributed by atoms with Gasteiger partial charge in [0.25, 0.3) is 0 Å². The lowest BCUT2D eigenvalue weighted by Gasteiger charge is -1.92. The Morgan fingerprint density at radius 2 is 1.93 bits per heavy atom. The summed E-state index contributed by atoms with van der Waals surface area (Å²) in [7, 11) is 1.79. The number of aryl methyl sites for hydroxylation is 2. The molecule has 0 spiro atoms. The third-order valence-electron chi connectivity index (χ3n) is 1.83. The van der Waals surface area contributed by atoms with E-state index >= 15 is 0 Å². The highest BCUT2D eigenvalue weighted by atomic mass is 19.1. The topological polar surface area (TPSA) is 17.8 Å². The van der Waals surface area contributed by atoms with Crippen molar-refractivity contribution < 1.29 is 4.39 Å². The molecule has 2 nitrogen and oxygen atoms in total. The molecule has 0 saturated carbocycles. The SMILES string of the molecule is CC.Cc1cc(F)c2cn(C)nc2c1. The quantitative estimate of drug-likeness (QED) is 0.630. The Labute approximate surface area is 83.4 Å². The molecule has 0 atom stereocenters. The number of halogens is 1. The first-order chi connectivity index (χ1) is 6.66. The molecule has 2 rings (SSSR count). The largest absolute Gasteiger partial charge is 0.274 e. The van der Waals surface area contributed by atoms with E-state index in [1.165, 1.54) is 6.07 Å². The molecule has 1 aromatic heterocycles. The third-order valence-corrected chi connectivity index (χ3v) is 1.83. The normalized spacial score (nSPS) is 9.79. The van der Waals surface area contributed by atoms with Crippen molar-refractivity contribution in [1.82, 2.24) is 9.78 Å². The van der Waals surface area contributed by atoms with E-state index in [1.807, 2.05) is 26.8 Å². The van der Waals surface area contributed by atoms with Gasteiger partial charge in [-0.05, 0) is 24.6 Å². The van der Waals surface area contributed by atoms with E-state index in [1.54, 1.807) is 17.9 Å². The second-order valence-corrected chi connectivity index (χ2v) is 2.98. The summed E-state index contributed by atoms with van der Waals surface area (Å²) in [5.74, 6) is -0.196. The van der Waals surface area contributed by atoms with Crippen molar-refractivity contribution in [3.8, 4) is 0 Å². The first kappa shape index (κ1) is 10.7. The summed E-state index contributed by atoms with van der Waals surface area (Å²) >= 11 is 0. The standard InChI is InChI=1S/C9H9FN2.C2H6/c1-6-3-8(10)7-5-12(2)11-9(7)4-6;1-2/h3-5H,1-2H3;1-2H3. The van der Waals surface area contributed by atoms with Crippen LogP contribution in [0, 0.1) is 12.7 Å². The smallest absolute Gasteiger partial charge is 0.134 e. The van der Waals surface area contributed by atoms with Crippen molar-refractivity contribution in [1.29, 1.82) is 0 Å². The predicted molar refractivity (Wildman–Crippen MR) is 56.8 cm³/mol. The van der Waals surface area contributed by atoms with Crippen LogP contribution in [0.2, 0.25) is 0 Å². The second-order valence-electron chi connectivity index (χ2n) is 2.98. The fourth-order valence-corrected chi connectivity index (χ4v) is 1.33. The van der Waals surface area contributed by atoms with Crippen molar-refractivity contribution >= 4 is 10.9 Å². The van der Waals surface area contributed by atoms with E-state index in [-0.39, 0.29) is 5.82 Å². The van der Waals surface area contributed by atoms with Crippen LogP contribution in [0.15, 0.2) is 18.3 Å². The predicted octanol–water partition coefficient (Wildman–Crippen LogP) is 3.05. The number of nitrogens with zero attached hydrogens (tertiary/aromatic N) is 2. The van der Waals surface area contributed by atoms with Crippen LogP contribution in [0.3, 0.4) is 0 Å². The van der Waals surface area contributed by atoms with Gasteiger partial charge in [-0.3, -0.25) is 4.68 Å². The molecule has 1 heterocycles. The summed E-state index contributed by atoms with van der Waals surface area (Å²) in [6.45, 7) is 5.86. The molecular weight excluding hydrogens is 179 g/mol. The van der Waals surface area contributed by atoms with E-state index < -0.39 is 0 Å². The molecule has 0 aliphatic heterocycles. The summed E-state index contributed by atoms with van der Waals surface area (Å²) in [6.07, 6.45) is 1.68. The minimum Gasteiger partial charge on any atom is -0.274 e. The van der Waals surface area contributed by atoms with Gasteiger partial charge in [0.15, 0.2) is 0 Å². The molecule has 0 unspecified atom stereocenters. The van der Waals surface area contributed by atoms with Crippen LogP contribution in [0.4, 0.5) is 4.39 Å². The molecule has 0 bridgehead atoms. The molecule has 0 radical (unpaired) electrons. The Kier molecular flexibility index (Phi) is 3.23. The van der Waals surface area contributed by atoms with Crippen LogP contribution in [0.25, 0.3) is 10.9 Å². The van der Waals surface area contributed by atoms with Crippen LogP contribution in [-0.4, -0.2) is 9.78 Å². The van der Waals surface area contributed by atoms with Gasteiger partial charge >= 0.3 is 0 Å². The highest BCUT2D eigenvalue weighted by molar-refractivity contribution is 5.79. The van der Waals surface area contributed by atoms with Gasteiger partial charge in [0.05, 0.1) is 10.9 Å². The number of fused-ring (bicyclic) bond motifs is 1. The van der Waals surface area contributed by atoms with Gasteiger partial charge in [0.2, 0.25) is 0 Å². The van der Waals surface area contributed by atoms with Gasteiger partial charge in [0, 0.05) is 13.2 Å². The second kappa shape index (κ2) is 4.22. The van der Waals surface area contributed by atoms with Crippen LogP contribution in [0.1, 0.15) is 19.4 Å². The highest BCUT2D eigenvalue weighted by Crippen LogP contribution is 2.17. The molecule has 0 N–H and O–H groups in total. The van der Waals surface area contributed by atoms with Crippen molar-refractivity contribution in [2.24, 2.45) is 7.05 Å². The first-order valence-corrected chi connectivity index (χ1v) is 4.76. The zero-order chi connectivity index (χ0) is 10.7. The van der Waals surface area contributed by atoms with E-state index in [0.29, 0.717) is 5.39 Å². The van der Waals surface area contributed by atoms with Crippen molar-refractivity contribution in [3.05, 3.63) is 29.7 Å². The van der Waals surface area contributed by atoms with Crippen LogP contribution < -0.4 is 0 Å². The Balaban J connectivity index is 0.000000461. The summed E-state index contributed by atoms with van der Waals surface area (Å²) in [6, 6.07) is 3.39. The maximum Gasteiger partial charge on any atom is 0.134 e. The Bertz CT molecular complexity index is 432. The number of aromatic nitrogens is 2. The zero-order valence-electron chi connectivity index (χ0n) is 9.00. The zero-order valence-corrected chi connectivity index (χ0v) is 9.00. The van der Waals surface area contributed by atoms with Gasteiger partial charge in [-0.2, -0.15) is 5.10 Å². The van der Waals surface area contributed by atoms with Gasteiger partial charge in [-0.15, -0.1) is 0 Å². The number of hydrogen-bond donors (Lipinski definition) is 0. The van der Waals surface area contributed by atoms with Crippen molar-refractivity contribution in [2.75, 3.05) is 0 Å². The molecule has 0 aliphatic carbocycles. The lowest BCUT2D eigenvalue weighted by atomic mass is 10.2. The lowest BCUT2D eigenvalue weighted by Crippen LogP contribution is -1.84. The summed E-state index contributed by atoms with van der Waals surface area (Å²) in [4.78, 5) is 0. The highest BCUT2D eigenvalue weighted by Gasteiger charge is 2.04. The average Bonchev–Trinajstić information content (AvgIpc) is 2.49. The molecule has 1 aromatic carbocycles. The lowest BCUT2D eigenvalue weighted by molar-refractivity contribution is 0.638. The molecule has 0 saturated heterocycles. The molecule has 76 valence electrons. The maximum absolute atomic E-state index is 13.2. The fourth-order valence-electron chi connectivity index (χ4n) is 1.33. The Hall–Kier alpha value is -1.38. The van der Waals surface area contributed by atoms with Gasteiger partial charge < -0.3 is 0 Å². The van der Waals surface area contributed by atoms with E-state index in [4.69, 9.17) is 0 Å². The van der Waals surface area contributed by atoms with Crippen LogP contribution >= 0.6 is 0 Å². The number of benzene rings is 1. The molecule has 0 fully saturated rings. The van der Waals surface area contributed by atoms with Gasteiger partial charge in [-0.25, -0.2) is 4.39 Å². The minimum absolute atomic E-state index is 0.196. The molecule has 2 aromatic rings. The average molecular weight is 194 g/mol. The van der Waals surface area contributed by atoms with E-state index in [9.17, 15) is 4.39 Å². The fraction of sp³-hybridized carbons (Fsp3) is 0.364. The maximum atomic E-state index is 13.2. The van der Waals surface area contributed by atoms with E-state index in [0.717, 1.165) is 11.1 Å². The number of hydrogen-bond acceptors (Lipinski definition) is 1. The van der Waals surface area contributed by atoms with Crippen molar-refractivity contribution in [2.45, 2.75) is 20.8 Å². The molecule has 14 heavy (non-hydrogen) atoms. The van der Waals surface area contributed by atoms with E-state index in [2.05, 4.69) is 5.10 Å². The third kappa shape index (κ3) is 1.92. The van der Waals surface area contributed by atoms with Crippen LogP contribution in [0.5, 0.6) is 0 Å². The molecule has 0 aliphatic rings. The van der Waals surface area contributed by atoms with Crippen LogP contribution in [-0.2, 0) is 7.05 Å². The molecular formula is C11H15FN2. The number of rotatable bonds is 0.